The van der Waals surface area contributed by atoms with Crippen molar-refractivity contribution in [3.8, 4) is 0 Å². The van der Waals surface area contributed by atoms with Crippen LogP contribution in [0.3, 0.4) is 0 Å². The van der Waals surface area contributed by atoms with Gasteiger partial charge in [0.05, 0.1) is 10.5 Å². The summed E-state index contributed by atoms with van der Waals surface area (Å²) in [5.41, 5.74) is 0.530. The molecule has 0 spiro atoms. The third-order valence-electron chi connectivity index (χ3n) is 4.77. The smallest absolute Gasteiger partial charge is 0.338 e. The highest BCUT2D eigenvalue weighted by Gasteiger charge is 2.25. The van der Waals surface area contributed by atoms with Crippen LogP contribution in [-0.4, -0.2) is 44.2 Å². The highest BCUT2D eigenvalue weighted by molar-refractivity contribution is 7.89. The summed E-state index contributed by atoms with van der Waals surface area (Å²) in [4.78, 5) is 24.4. The fourth-order valence-electron chi connectivity index (χ4n) is 3.15. The number of ether oxygens (including phenoxy) is 1. The van der Waals surface area contributed by atoms with Gasteiger partial charge in [0.2, 0.25) is 10.0 Å². The number of rotatable bonds is 6. The Kier molecular flexibility index (Phi) is 7.05. The van der Waals surface area contributed by atoms with E-state index in [0.717, 1.165) is 25.7 Å². The van der Waals surface area contributed by atoms with Crippen LogP contribution in [0.25, 0.3) is 0 Å². The van der Waals surface area contributed by atoms with Gasteiger partial charge in [-0.15, -0.1) is 0 Å². The molecule has 1 fully saturated rings. The number of Topliss-reactive ketones (excluding diaryl/α,β-unsaturated/α-hetero) is 1. The fourth-order valence-corrected chi connectivity index (χ4v) is 4.86. The van der Waals surface area contributed by atoms with E-state index in [-0.39, 0.29) is 16.2 Å². The molecule has 0 saturated carbocycles. The minimum Gasteiger partial charge on any atom is -0.454 e. The molecule has 2 aromatic carbocycles. The average Bonchev–Trinajstić information content (AvgIpc) is 3.02. The molecule has 154 valence electrons. The molecule has 0 N–H and O–H groups in total. The number of carbonyl (C=O) groups excluding carboxylic acids is 2. The molecule has 1 saturated heterocycles. The average molecular weight is 436 g/mol. The fraction of sp³-hybridized carbons (Fsp3) is 0.333. The van der Waals surface area contributed by atoms with E-state index in [9.17, 15) is 18.0 Å². The predicted octanol–water partition coefficient (Wildman–Crippen LogP) is 3.94. The molecule has 1 aliphatic heterocycles. The minimum atomic E-state index is -3.58. The van der Waals surface area contributed by atoms with Crippen LogP contribution in [0.15, 0.2) is 53.4 Å². The van der Waals surface area contributed by atoms with Crippen LogP contribution >= 0.6 is 11.6 Å². The van der Waals surface area contributed by atoms with Gasteiger partial charge in [0.15, 0.2) is 12.4 Å². The number of hydrogen-bond acceptors (Lipinski definition) is 5. The van der Waals surface area contributed by atoms with Crippen LogP contribution in [0.5, 0.6) is 0 Å². The zero-order chi connectivity index (χ0) is 20.9. The zero-order valence-corrected chi connectivity index (χ0v) is 17.4. The predicted molar refractivity (Wildman–Crippen MR) is 110 cm³/mol. The van der Waals surface area contributed by atoms with Gasteiger partial charge >= 0.3 is 5.97 Å². The summed E-state index contributed by atoms with van der Waals surface area (Å²) in [5.74, 6) is -1.07. The monoisotopic (exact) mass is 435 g/mol. The molecular weight excluding hydrogens is 414 g/mol. The standard InChI is InChI=1S/C21H22ClNO5S/c22-18-7-5-6-17(14-18)20(24)15-28-21(25)16-8-10-19(11-9-16)29(26,27)23-12-3-1-2-4-13-23/h5-11,14H,1-4,12-13,15H2. The number of carbonyl (C=O) groups is 2. The van der Waals surface area contributed by atoms with Gasteiger partial charge in [-0.25, -0.2) is 13.2 Å². The molecule has 3 rings (SSSR count). The maximum absolute atomic E-state index is 12.8. The molecule has 6 nitrogen and oxygen atoms in total. The molecule has 8 heteroatoms. The van der Waals surface area contributed by atoms with Gasteiger partial charge < -0.3 is 4.74 Å². The highest BCUT2D eigenvalue weighted by Crippen LogP contribution is 2.21. The minimum absolute atomic E-state index is 0.144. The summed E-state index contributed by atoms with van der Waals surface area (Å²) in [6.07, 6.45) is 3.77. The number of esters is 1. The van der Waals surface area contributed by atoms with E-state index in [1.54, 1.807) is 18.2 Å². The van der Waals surface area contributed by atoms with Gasteiger partial charge in [0, 0.05) is 23.7 Å². The molecule has 0 amide bonds. The lowest BCUT2D eigenvalue weighted by Crippen LogP contribution is -2.31. The van der Waals surface area contributed by atoms with Crippen molar-refractivity contribution in [3.63, 3.8) is 0 Å². The lowest BCUT2D eigenvalue weighted by molar-refractivity contribution is 0.0474. The second-order valence-electron chi connectivity index (χ2n) is 6.85. The quantitative estimate of drug-likeness (QED) is 0.507. The summed E-state index contributed by atoms with van der Waals surface area (Å²) >= 11 is 5.85. The Morgan fingerprint density at radius 3 is 2.21 bits per heavy atom. The van der Waals surface area contributed by atoms with E-state index < -0.39 is 22.6 Å². The third kappa shape index (κ3) is 5.44. The van der Waals surface area contributed by atoms with Gasteiger partial charge in [-0.2, -0.15) is 4.31 Å². The SMILES string of the molecule is O=C(COC(=O)c1ccc(S(=O)(=O)N2CCCCCC2)cc1)c1cccc(Cl)c1. The van der Waals surface area contributed by atoms with E-state index in [1.807, 2.05) is 0 Å². The molecule has 0 radical (unpaired) electrons. The van der Waals surface area contributed by atoms with Gasteiger partial charge in [0.25, 0.3) is 0 Å². The van der Waals surface area contributed by atoms with Crippen LogP contribution in [0.2, 0.25) is 5.02 Å². The number of nitrogens with zero attached hydrogens (tertiary/aromatic N) is 1. The van der Waals surface area contributed by atoms with E-state index in [0.29, 0.717) is 23.7 Å². The molecule has 0 aromatic heterocycles. The summed E-state index contributed by atoms with van der Waals surface area (Å²) < 4.78 is 32.1. The lowest BCUT2D eigenvalue weighted by atomic mass is 10.1. The zero-order valence-electron chi connectivity index (χ0n) is 15.8. The first-order valence-corrected chi connectivity index (χ1v) is 11.3. The maximum atomic E-state index is 12.8. The van der Waals surface area contributed by atoms with Crippen molar-refractivity contribution in [2.45, 2.75) is 30.6 Å². The molecular formula is C21H22ClNO5S. The summed E-state index contributed by atoms with van der Waals surface area (Å²) in [7, 11) is -3.58. The van der Waals surface area contributed by atoms with Crippen molar-refractivity contribution in [1.82, 2.24) is 4.31 Å². The Hall–Kier alpha value is -2.22. The van der Waals surface area contributed by atoms with Crippen molar-refractivity contribution in [1.29, 1.82) is 0 Å². The van der Waals surface area contributed by atoms with E-state index in [1.165, 1.54) is 34.6 Å². The first kappa shape index (κ1) is 21.5. The Morgan fingerprint density at radius 2 is 1.59 bits per heavy atom. The normalized spacial score (nSPS) is 15.5. The molecule has 1 heterocycles. The van der Waals surface area contributed by atoms with Crippen LogP contribution < -0.4 is 0 Å². The topological polar surface area (TPSA) is 80.8 Å². The number of benzene rings is 2. The Bertz CT molecular complexity index is 980. The van der Waals surface area contributed by atoms with Gasteiger partial charge in [-0.1, -0.05) is 36.6 Å². The third-order valence-corrected chi connectivity index (χ3v) is 6.92. The van der Waals surface area contributed by atoms with Crippen molar-refractivity contribution in [3.05, 3.63) is 64.7 Å². The second-order valence-corrected chi connectivity index (χ2v) is 9.23. The number of hydrogen-bond donors (Lipinski definition) is 0. The van der Waals surface area contributed by atoms with E-state index in [4.69, 9.17) is 16.3 Å². The molecule has 0 aliphatic carbocycles. The van der Waals surface area contributed by atoms with Gasteiger partial charge in [-0.05, 0) is 49.2 Å². The maximum Gasteiger partial charge on any atom is 0.338 e. The number of ketones is 1. The molecule has 2 aromatic rings. The molecule has 0 atom stereocenters. The Morgan fingerprint density at radius 1 is 0.931 bits per heavy atom. The summed E-state index contributed by atoms with van der Waals surface area (Å²) in [6.45, 7) is 0.600. The van der Waals surface area contributed by atoms with Crippen LogP contribution in [-0.2, 0) is 14.8 Å². The van der Waals surface area contributed by atoms with Crippen LogP contribution in [0.1, 0.15) is 46.4 Å². The highest BCUT2D eigenvalue weighted by atomic mass is 35.5. The largest absolute Gasteiger partial charge is 0.454 e. The van der Waals surface area contributed by atoms with Crippen molar-refractivity contribution in [2.24, 2.45) is 0 Å². The van der Waals surface area contributed by atoms with Crippen molar-refractivity contribution >= 4 is 33.4 Å². The van der Waals surface area contributed by atoms with E-state index in [2.05, 4.69) is 0 Å². The van der Waals surface area contributed by atoms with Crippen molar-refractivity contribution < 1.29 is 22.7 Å². The molecule has 1 aliphatic rings. The lowest BCUT2D eigenvalue weighted by Gasteiger charge is -2.19. The van der Waals surface area contributed by atoms with Gasteiger partial charge in [0.1, 0.15) is 0 Å². The van der Waals surface area contributed by atoms with Crippen LogP contribution in [0.4, 0.5) is 0 Å². The summed E-state index contributed by atoms with van der Waals surface area (Å²) in [6, 6.07) is 12.0. The first-order valence-electron chi connectivity index (χ1n) is 9.44. The number of halogens is 1. The Balaban J connectivity index is 1.63. The van der Waals surface area contributed by atoms with Gasteiger partial charge in [-0.3, -0.25) is 4.79 Å². The molecule has 0 bridgehead atoms. The molecule has 29 heavy (non-hydrogen) atoms. The van der Waals surface area contributed by atoms with Crippen molar-refractivity contribution in [2.75, 3.05) is 19.7 Å². The molecule has 0 unspecified atom stereocenters. The Labute approximate surface area is 175 Å². The number of sulfonamides is 1. The van der Waals surface area contributed by atoms with Crippen LogP contribution in [0, 0.1) is 0 Å². The van der Waals surface area contributed by atoms with E-state index >= 15 is 0 Å². The summed E-state index contributed by atoms with van der Waals surface area (Å²) in [5, 5.41) is 0.420. The first-order chi connectivity index (χ1) is 13.9. The second kappa shape index (κ2) is 9.52.